The quantitative estimate of drug-likeness (QED) is 0.578. The number of carbonyl (C=O) groups excluding carboxylic acids is 2. The molecule has 9 nitrogen and oxygen atoms in total. The van der Waals surface area contributed by atoms with Crippen molar-refractivity contribution in [1.29, 1.82) is 0 Å². The molecule has 0 unspecified atom stereocenters. The molecule has 0 radical (unpaired) electrons. The van der Waals surface area contributed by atoms with Crippen LogP contribution in [0, 0.1) is 10.8 Å². The summed E-state index contributed by atoms with van der Waals surface area (Å²) in [6.07, 6.45) is 6.52. The number of hydrogen-bond donors (Lipinski definition) is 2. The molecule has 3 fully saturated rings. The summed E-state index contributed by atoms with van der Waals surface area (Å²) >= 11 is 5.68. The van der Waals surface area contributed by atoms with Gasteiger partial charge in [0.15, 0.2) is 11.5 Å². The molecule has 2 aromatic heterocycles. The van der Waals surface area contributed by atoms with Crippen molar-refractivity contribution in [2.24, 2.45) is 17.9 Å². The number of esters is 1. The topological polar surface area (TPSA) is 111 Å². The lowest BCUT2D eigenvalue weighted by Gasteiger charge is -2.51. The first-order valence-electron chi connectivity index (χ1n) is 9.35. The van der Waals surface area contributed by atoms with E-state index in [4.69, 9.17) is 16.5 Å². The van der Waals surface area contributed by atoms with Crippen molar-refractivity contribution < 1.29 is 14.3 Å². The molecule has 150 valence electrons. The third kappa shape index (κ3) is 2.88. The maximum Gasteiger partial charge on any atom is 0.311 e. The van der Waals surface area contributed by atoms with Gasteiger partial charge in [-0.3, -0.25) is 19.1 Å². The van der Waals surface area contributed by atoms with E-state index in [1.807, 2.05) is 0 Å². The largest absolute Gasteiger partial charge is 0.469 e. The third-order valence-electron chi connectivity index (χ3n) is 6.57. The Morgan fingerprint density at radius 2 is 1.89 bits per heavy atom. The van der Waals surface area contributed by atoms with E-state index in [1.54, 1.807) is 11.7 Å². The molecular weight excluding hydrogens is 384 g/mol. The van der Waals surface area contributed by atoms with E-state index in [9.17, 15) is 9.59 Å². The van der Waals surface area contributed by atoms with Gasteiger partial charge in [0.2, 0.25) is 0 Å². The molecule has 1 amide bonds. The van der Waals surface area contributed by atoms with Gasteiger partial charge in [-0.05, 0) is 43.9 Å². The molecule has 2 bridgehead atoms. The summed E-state index contributed by atoms with van der Waals surface area (Å²) in [5.74, 6) is 0.0299. The zero-order chi connectivity index (χ0) is 19.9. The van der Waals surface area contributed by atoms with E-state index in [0.717, 1.165) is 38.5 Å². The predicted molar refractivity (Wildman–Crippen MR) is 103 cm³/mol. The molecule has 2 heterocycles. The molecule has 0 aliphatic heterocycles. The Balaban J connectivity index is 1.49. The van der Waals surface area contributed by atoms with Crippen LogP contribution >= 0.6 is 11.8 Å². The number of carbonyl (C=O) groups is 2. The molecule has 0 aromatic carbocycles. The van der Waals surface area contributed by atoms with Gasteiger partial charge in [-0.1, -0.05) is 0 Å². The molecule has 5 rings (SSSR count). The number of nitrogens with one attached hydrogen (secondary N) is 2. The molecule has 28 heavy (non-hydrogen) atoms. The number of hydrogen-bond acceptors (Lipinski definition) is 7. The molecule has 2 N–H and O–H groups in total. The number of aryl methyl sites for hydroxylation is 1. The standard InChI is InChI=1S/C18H23ClN6O3/c1-25-13-11(14(23-19)24-25)21-10-22-12(13)15(26)20-9-17-3-6-18(7-4-17,8-5-17)16(27)28-2/h10H,3-9H2,1-2H3,(H,20,26)(H,23,24). The van der Waals surface area contributed by atoms with Gasteiger partial charge in [-0.2, -0.15) is 5.10 Å². The number of halogens is 1. The number of nitrogens with zero attached hydrogens (tertiary/aromatic N) is 4. The molecule has 0 atom stereocenters. The number of ether oxygens (including phenoxy) is 1. The van der Waals surface area contributed by atoms with Crippen molar-refractivity contribution in [3.8, 4) is 0 Å². The van der Waals surface area contributed by atoms with E-state index in [0.29, 0.717) is 23.4 Å². The van der Waals surface area contributed by atoms with Gasteiger partial charge in [0.05, 0.1) is 12.5 Å². The van der Waals surface area contributed by atoms with Crippen LogP contribution in [-0.2, 0) is 16.6 Å². The average Bonchev–Trinajstić information content (AvgIpc) is 3.08. The summed E-state index contributed by atoms with van der Waals surface area (Å²) in [6, 6.07) is 0. The maximum absolute atomic E-state index is 12.9. The summed E-state index contributed by atoms with van der Waals surface area (Å²) in [5.41, 5.74) is 1.00. The van der Waals surface area contributed by atoms with Crippen LogP contribution in [0.1, 0.15) is 49.0 Å². The van der Waals surface area contributed by atoms with Crippen molar-refractivity contribution in [3.05, 3.63) is 12.0 Å². The normalized spacial score (nSPS) is 26.2. The molecule has 2 aromatic rings. The van der Waals surface area contributed by atoms with Crippen LogP contribution in [0.4, 0.5) is 5.82 Å². The summed E-state index contributed by atoms with van der Waals surface area (Å²) in [7, 11) is 3.17. The first-order valence-corrected chi connectivity index (χ1v) is 9.72. The lowest BCUT2D eigenvalue weighted by atomic mass is 9.53. The number of anilines is 1. The van der Waals surface area contributed by atoms with E-state index in [1.165, 1.54) is 13.4 Å². The third-order valence-corrected chi connectivity index (χ3v) is 6.75. The number of methoxy groups -OCH3 is 1. The average molecular weight is 407 g/mol. The second kappa shape index (κ2) is 6.88. The highest BCUT2D eigenvalue weighted by Crippen LogP contribution is 2.57. The minimum Gasteiger partial charge on any atom is -0.469 e. The van der Waals surface area contributed by atoms with Gasteiger partial charge in [0, 0.05) is 25.4 Å². The van der Waals surface area contributed by atoms with Crippen LogP contribution in [0.25, 0.3) is 11.0 Å². The van der Waals surface area contributed by atoms with Gasteiger partial charge in [-0.25, -0.2) is 9.97 Å². The van der Waals surface area contributed by atoms with Gasteiger partial charge >= 0.3 is 5.97 Å². The molecule has 3 aliphatic carbocycles. The Bertz CT molecular complexity index is 918. The smallest absolute Gasteiger partial charge is 0.311 e. The fourth-order valence-electron chi connectivity index (χ4n) is 4.74. The highest BCUT2D eigenvalue weighted by molar-refractivity contribution is 6.25. The maximum atomic E-state index is 12.9. The van der Waals surface area contributed by atoms with Crippen molar-refractivity contribution in [2.75, 3.05) is 18.5 Å². The minimum absolute atomic E-state index is 0.0346. The van der Waals surface area contributed by atoms with Crippen LogP contribution < -0.4 is 10.2 Å². The number of rotatable bonds is 5. The monoisotopic (exact) mass is 406 g/mol. The summed E-state index contributed by atoms with van der Waals surface area (Å²) in [6.45, 7) is 0.563. The van der Waals surface area contributed by atoms with Crippen molar-refractivity contribution in [1.82, 2.24) is 25.1 Å². The highest BCUT2D eigenvalue weighted by Gasteiger charge is 2.53. The first kappa shape index (κ1) is 18.9. The SMILES string of the molecule is COC(=O)C12CCC(CNC(=O)c3ncnc4c(NCl)nn(C)c34)(CC1)CC2. The molecule has 3 aliphatic rings. The number of fused-ring (bicyclic) bond motifs is 4. The van der Waals surface area contributed by atoms with Gasteiger partial charge in [-0.15, -0.1) is 0 Å². The van der Waals surface area contributed by atoms with Gasteiger partial charge in [0.1, 0.15) is 17.4 Å². The van der Waals surface area contributed by atoms with E-state index >= 15 is 0 Å². The fraction of sp³-hybridized carbons (Fsp3) is 0.611. The Hall–Kier alpha value is -2.42. The second-order valence-corrected chi connectivity index (χ2v) is 8.13. The van der Waals surface area contributed by atoms with Crippen LogP contribution in [0.2, 0.25) is 0 Å². The number of amides is 1. The van der Waals surface area contributed by atoms with Crippen LogP contribution in [-0.4, -0.2) is 45.3 Å². The predicted octanol–water partition coefficient (Wildman–Crippen LogP) is 2.17. The van der Waals surface area contributed by atoms with Crippen LogP contribution in [0.3, 0.4) is 0 Å². The Kier molecular flexibility index (Phi) is 4.65. The number of aromatic nitrogens is 4. The Morgan fingerprint density at radius 3 is 2.50 bits per heavy atom. The van der Waals surface area contributed by atoms with Crippen molar-refractivity contribution >= 4 is 40.5 Å². The highest BCUT2D eigenvalue weighted by atomic mass is 35.5. The summed E-state index contributed by atoms with van der Waals surface area (Å²) in [4.78, 5) is 35.8. The molecule has 3 saturated carbocycles. The Morgan fingerprint density at radius 1 is 1.21 bits per heavy atom. The van der Waals surface area contributed by atoms with E-state index < -0.39 is 0 Å². The van der Waals surface area contributed by atoms with Gasteiger partial charge < -0.3 is 10.1 Å². The Labute approximate surface area is 167 Å². The van der Waals surface area contributed by atoms with Crippen molar-refractivity contribution in [2.45, 2.75) is 38.5 Å². The zero-order valence-electron chi connectivity index (χ0n) is 15.9. The lowest BCUT2D eigenvalue weighted by molar-refractivity contribution is -0.162. The zero-order valence-corrected chi connectivity index (χ0v) is 16.7. The van der Waals surface area contributed by atoms with E-state index in [2.05, 4.69) is 25.2 Å². The lowest BCUT2D eigenvalue weighted by Crippen LogP contribution is -2.50. The second-order valence-electron chi connectivity index (χ2n) is 7.94. The fourth-order valence-corrected chi connectivity index (χ4v) is 4.87. The molecule has 0 saturated heterocycles. The van der Waals surface area contributed by atoms with Gasteiger partial charge in [0.25, 0.3) is 5.91 Å². The van der Waals surface area contributed by atoms with Crippen molar-refractivity contribution in [3.63, 3.8) is 0 Å². The minimum atomic E-state index is -0.320. The van der Waals surface area contributed by atoms with Crippen LogP contribution in [0.5, 0.6) is 0 Å². The van der Waals surface area contributed by atoms with E-state index in [-0.39, 0.29) is 28.4 Å². The molecular formula is C18H23ClN6O3. The molecule has 0 spiro atoms. The summed E-state index contributed by atoms with van der Waals surface area (Å²) in [5, 5.41) is 7.26. The molecule has 10 heteroatoms. The van der Waals surface area contributed by atoms with Crippen LogP contribution in [0.15, 0.2) is 6.33 Å². The summed E-state index contributed by atoms with van der Waals surface area (Å²) < 4.78 is 6.56. The first-order chi connectivity index (χ1) is 13.4.